The number of nitrogens with zero attached hydrogens (tertiary/aromatic N) is 3. The van der Waals surface area contributed by atoms with E-state index in [1.165, 1.54) is 0 Å². The van der Waals surface area contributed by atoms with Gasteiger partial charge in [0.05, 0.1) is 12.6 Å². The van der Waals surface area contributed by atoms with Crippen LogP contribution in [-0.2, 0) is 35.5 Å². The molecule has 1 amide bonds. The van der Waals surface area contributed by atoms with Crippen molar-refractivity contribution in [2.75, 3.05) is 27.7 Å². The summed E-state index contributed by atoms with van der Waals surface area (Å²) in [5, 5.41) is 0. The van der Waals surface area contributed by atoms with E-state index in [4.69, 9.17) is 9.15 Å². The summed E-state index contributed by atoms with van der Waals surface area (Å²) in [5.41, 5.74) is 2.01. The fourth-order valence-electron chi connectivity index (χ4n) is 3.16. The molecule has 6 nitrogen and oxygen atoms in total. The van der Waals surface area contributed by atoms with E-state index >= 15 is 0 Å². The summed E-state index contributed by atoms with van der Waals surface area (Å²) in [5.74, 6) is 1.59. The molecule has 1 aliphatic heterocycles. The quantitative estimate of drug-likeness (QED) is 0.801. The van der Waals surface area contributed by atoms with E-state index in [0.717, 1.165) is 17.0 Å². The van der Waals surface area contributed by atoms with Crippen molar-refractivity contribution in [3.05, 3.63) is 53.2 Å². The van der Waals surface area contributed by atoms with Crippen molar-refractivity contribution in [1.82, 2.24) is 14.8 Å². The van der Waals surface area contributed by atoms with Crippen LogP contribution >= 0.6 is 0 Å². The summed E-state index contributed by atoms with van der Waals surface area (Å²) in [6.07, 6.45) is 1.40. The molecule has 25 heavy (non-hydrogen) atoms. The fourth-order valence-corrected chi connectivity index (χ4v) is 3.16. The average molecular weight is 343 g/mol. The van der Waals surface area contributed by atoms with Gasteiger partial charge in [-0.05, 0) is 26.1 Å². The highest BCUT2D eigenvalue weighted by Crippen LogP contribution is 2.22. The summed E-state index contributed by atoms with van der Waals surface area (Å²) < 4.78 is 10.8. The van der Waals surface area contributed by atoms with Crippen molar-refractivity contribution >= 4 is 5.91 Å². The molecule has 1 aromatic heterocycles. The number of aromatic nitrogens is 1. The number of carbonyl (C=O) groups excluding carboxylic acids is 1. The van der Waals surface area contributed by atoms with E-state index in [9.17, 15) is 4.79 Å². The van der Waals surface area contributed by atoms with Crippen molar-refractivity contribution < 1.29 is 13.9 Å². The smallest absolute Gasteiger partial charge is 0.240 e. The Morgan fingerprint density at radius 2 is 2.12 bits per heavy atom. The highest BCUT2D eigenvalue weighted by atomic mass is 16.5. The van der Waals surface area contributed by atoms with E-state index in [0.29, 0.717) is 38.4 Å². The van der Waals surface area contributed by atoms with E-state index in [-0.39, 0.29) is 11.9 Å². The Bertz CT molecular complexity index is 712. The topological polar surface area (TPSA) is 58.8 Å². The molecule has 0 N–H and O–H groups in total. The number of likely N-dealkylation sites (N-methyl/N-ethyl adjacent to an activating group) is 1. The van der Waals surface area contributed by atoms with Gasteiger partial charge in [-0.15, -0.1) is 0 Å². The maximum atomic E-state index is 13.1. The first kappa shape index (κ1) is 17.6. The first-order valence-electron chi connectivity index (χ1n) is 8.54. The van der Waals surface area contributed by atoms with Gasteiger partial charge in [0.1, 0.15) is 18.1 Å². The lowest BCUT2D eigenvalue weighted by Gasteiger charge is -2.32. The van der Waals surface area contributed by atoms with Crippen LogP contribution in [0.3, 0.4) is 0 Å². The van der Waals surface area contributed by atoms with Gasteiger partial charge in [0.15, 0.2) is 0 Å². The molecule has 1 aromatic carbocycles. The van der Waals surface area contributed by atoms with Crippen molar-refractivity contribution in [2.45, 2.75) is 32.0 Å². The maximum Gasteiger partial charge on any atom is 0.240 e. The lowest BCUT2D eigenvalue weighted by atomic mass is 10.0. The normalized spacial score (nSPS) is 15.3. The molecule has 1 aliphatic rings. The average Bonchev–Trinajstić information content (AvgIpc) is 3.01. The monoisotopic (exact) mass is 343 g/mol. The summed E-state index contributed by atoms with van der Waals surface area (Å²) in [7, 11) is 5.52. The summed E-state index contributed by atoms with van der Waals surface area (Å²) in [6, 6.07) is 9.94. The van der Waals surface area contributed by atoms with Crippen LogP contribution in [-0.4, -0.2) is 54.5 Å². The number of methoxy groups -OCH3 is 1. The van der Waals surface area contributed by atoms with Crippen LogP contribution in [0.15, 0.2) is 34.7 Å². The molecule has 3 rings (SSSR count). The Morgan fingerprint density at radius 3 is 2.80 bits per heavy atom. The van der Waals surface area contributed by atoms with Crippen molar-refractivity contribution in [1.29, 1.82) is 0 Å². The van der Waals surface area contributed by atoms with Crippen LogP contribution in [0.2, 0.25) is 0 Å². The molecule has 0 saturated carbocycles. The summed E-state index contributed by atoms with van der Waals surface area (Å²) in [6.45, 7) is 1.52. The lowest BCUT2D eigenvalue weighted by molar-refractivity contribution is -0.137. The maximum absolute atomic E-state index is 13.1. The van der Waals surface area contributed by atoms with E-state index in [1.54, 1.807) is 7.11 Å². The molecular formula is C19H25N3O3. The Morgan fingerprint density at radius 1 is 1.36 bits per heavy atom. The zero-order valence-corrected chi connectivity index (χ0v) is 15.1. The highest BCUT2D eigenvalue weighted by Gasteiger charge is 2.31. The Kier molecular flexibility index (Phi) is 5.50. The SMILES string of the molecule is COCc1nc2c(o1)CCN(C(=O)[C@H](Cc1ccccc1)N(C)C)C2. The fraction of sp³-hybridized carbons (Fsp3) is 0.474. The van der Waals surface area contributed by atoms with E-state index in [1.807, 2.05) is 42.1 Å². The zero-order valence-electron chi connectivity index (χ0n) is 15.1. The Hall–Kier alpha value is -2.18. The second-order valence-electron chi connectivity index (χ2n) is 6.59. The van der Waals surface area contributed by atoms with Gasteiger partial charge in [-0.3, -0.25) is 9.69 Å². The third-order valence-corrected chi connectivity index (χ3v) is 4.53. The minimum atomic E-state index is -0.186. The zero-order chi connectivity index (χ0) is 17.8. The first-order valence-corrected chi connectivity index (χ1v) is 8.54. The Labute approximate surface area is 148 Å². The molecule has 0 bridgehead atoms. The molecule has 2 heterocycles. The minimum absolute atomic E-state index is 0.135. The number of hydrogen-bond acceptors (Lipinski definition) is 5. The number of ether oxygens (including phenoxy) is 1. The molecule has 0 unspecified atom stereocenters. The van der Waals surface area contributed by atoms with E-state index in [2.05, 4.69) is 17.1 Å². The number of hydrogen-bond donors (Lipinski definition) is 0. The van der Waals surface area contributed by atoms with Gasteiger partial charge in [0.25, 0.3) is 0 Å². The van der Waals surface area contributed by atoms with Gasteiger partial charge in [-0.1, -0.05) is 30.3 Å². The van der Waals surface area contributed by atoms with Crippen LogP contribution in [0.4, 0.5) is 0 Å². The second kappa shape index (κ2) is 7.80. The lowest BCUT2D eigenvalue weighted by Crippen LogP contribution is -2.48. The van der Waals surface area contributed by atoms with Crippen molar-refractivity contribution in [3.63, 3.8) is 0 Å². The van der Waals surface area contributed by atoms with Crippen LogP contribution < -0.4 is 0 Å². The second-order valence-corrected chi connectivity index (χ2v) is 6.59. The van der Waals surface area contributed by atoms with Crippen molar-refractivity contribution in [2.24, 2.45) is 0 Å². The van der Waals surface area contributed by atoms with Gasteiger partial charge in [-0.2, -0.15) is 0 Å². The predicted octanol–water partition coefficient (Wildman–Crippen LogP) is 1.88. The highest BCUT2D eigenvalue weighted by molar-refractivity contribution is 5.82. The number of fused-ring (bicyclic) bond motifs is 1. The van der Waals surface area contributed by atoms with Crippen LogP contribution in [0.1, 0.15) is 22.9 Å². The molecule has 0 aliphatic carbocycles. The standard InChI is InChI=1S/C19H25N3O3/c1-21(2)16(11-14-7-5-4-6-8-14)19(23)22-10-9-17-15(12-22)20-18(25-17)13-24-3/h4-8,16H,9-13H2,1-3H3/t16-/m0/s1. The molecule has 6 heteroatoms. The van der Waals surface area contributed by atoms with Crippen LogP contribution in [0, 0.1) is 0 Å². The number of oxazole rings is 1. The number of amides is 1. The van der Waals surface area contributed by atoms with Gasteiger partial charge < -0.3 is 14.1 Å². The van der Waals surface area contributed by atoms with E-state index < -0.39 is 0 Å². The molecule has 0 radical (unpaired) electrons. The van der Waals surface area contributed by atoms with Gasteiger partial charge in [-0.25, -0.2) is 4.98 Å². The number of benzene rings is 1. The van der Waals surface area contributed by atoms with Gasteiger partial charge >= 0.3 is 0 Å². The van der Waals surface area contributed by atoms with Gasteiger partial charge in [0, 0.05) is 20.1 Å². The molecule has 2 aromatic rings. The predicted molar refractivity (Wildman–Crippen MR) is 94.0 cm³/mol. The molecule has 0 fully saturated rings. The van der Waals surface area contributed by atoms with Gasteiger partial charge in [0.2, 0.25) is 11.8 Å². The third kappa shape index (κ3) is 4.08. The largest absolute Gasteiger partial charge is 0.443 e. The number of rotatable bonds is 6. The molecule has 0 saturated heterocycles. The minimum Gasteiger partial charge on any atom is -0.443 e. The van der Waals surface area contributed by atoms with Crippen molar-refractivity contribution in [3.8, 4) is 0 Å². The summed E-state index contributed by atoms with van der Waals surface area (Å²) in [4.78, 5) is 21.4. The third-order valence-electron chi connectivity index (χ3n) is 4.53. The molecule has 1 atom stereocenters. The number of carbonyl (C=O) groups is 1. The molecular weight excluding hydrogens is 318 g/mol. The van der Waals surface area contributed by atoms with Crippen LogP contribution in [0.5, 0.6) is 0 Å². The first-order chi connectivity index (χ1) is 12.1. The Balaban J connectivity index is 1.72. The summed E-state index contributed by atoms with van der Waals surface area (Å²) >= 11 is 0. The molecule has 134 valence electrons. The molecule has 0 spiro atoms. The van der Waals surface area contributed by atoms with Crippen LogP contribution in [0.25, 0.3) is 0 Å².